The van der Waals surface area contributed by atoms with Crippen LogP contribution in [0.2, 0.25) is 0 Å². The highest BCUT2D eigenvalue weighted by Gasteiger charge is 2.13. The lowest BCUT2D eigenvalue weighted by molar-refractivity contribution is 0.475. The van der Waals surface area contributed by atoms with Gasteiger partial charge in [-0.3, -0.25) is 0 Å². The molecule has 1 aliphatic carbocycles. The van der Waals surface area contributed by atoms with E-state index in [1.807, 2.05) is 0 Å². The van der Waals surface area contributed by atoms with Gasteiger partial charge in [0.2, 0.25) is 0 Å². The van der Waals surface area contributed by atoms with Crippen molar-refractivity contribution in [2.45, 2.75) is 38.5 Å². The van der Waals surface area contributed by atoms with Gasteiger partial charge in [-0.25, -0.2) is 0 Å². The molecule has 0 radical (unpaired) electrons. The van der Waals surface area contributed by atoms with Gasteiger partial charge in [0.25, 0.3) is 0 Å². The lowest BCUT2D eigenvalue weighted by Crippen LogP contribution is -2.15. The molecule has 0 aromatic heterocycles. The summed E-state index contributed by atoms with van der Waals surface area (Å²) >= 11 is 0. The fourth-order valence-electron chi connectivity index (χ4n) is 1.96. The van der Waals surface area contributed by atoms with Crippen LogP contribution in [-0.4, -0.2) is 13.1 Å². The molecule has 0 saturated heterocycles. The minimum absolute atomic E-state index is 0.505. The van der Waals surface area contributed by atoms with Crippen LogP contribution in [0.15, 0.2) is 0 Å². The highest BCUT2D eigenvalue weighted by molar-refractivity contribution is 4.73. The van der Waals surface area contributed by atoms with Crippen LogP contribution < -0.4 is 5.32 Å². The third kappa shape index (κ3) is 3.73. The molecule has 1 aliphatic rings. The van der Waals surface area contributed by atoms with E-state index in [1.165, 1.54) is 38.5 Å². The summed E-state index contributed by atoms with van der Waals surface area (Å²) in [6, 6.07) is 2.09. The molecule has 0 heterocycles. The minimum atomic E-state index is 0.505. The SMILES string of the molecule is N#CCNCCCC1CCCC1. The Balaban J connectivity index is 1.85. The first kappa shape index (κ1) is 9.54. The predicted octanol–water partition coefficient (Wildman–Crippen LogP) is 2.07. The maximum atomic E-state index is 8.26. The van der Waals surface area contributed by atoms with Gasteiger partial charge in [-0.05, 0) is 25.3 Å². The zero-order chi connectivity index (χ0) is 8.65. The molecule has 0 bridgehead atoms. The van der Waals surface area contributed by atoms with Crippen molar-refractivity contribution in [1.29, 1.82) is 5.26 Å². The maximum Gasteiger partial charge on any atom is 0.0840 e. The highest BCUT2D eigenvalue weighted by atomic mass is 14.8. The molecule has 0 aromatic carbocycles. The quantitative estimate of drug-likeness (QED) is 0.501. The molecule has 2 heteroatoms. The van der Waals surface area contributed by atoms with E-state index in [1.54, 1.807) is 0 Å². The molecule has 0 amide bonds. The summed E-state index contributed by atoms with van der Waals surface area (Å²) in [7, 11) is 0. The van der Waals surface area contributed by atoms with E-state index >= 15 is 0 Å². The van der Waals surface area contributed by atoms with Crippen molar-refractivity contribution in [2.75, 3.05) is 13.1 Å². The third-order valence-corrected chi connectivity index (χ3v) is 2.64. The van der Waals surface area contributed by atoms with Crippen molar-refractivity contribution in [2.24, 2.45) is 5.92 Å². The topological polar surface area (TPSA) is 35.8 Å². The normalized spacial score (nSPS) is 17.9. The summed E-state index contributed by atoms with van der Waals surface area (Å²) in [5.41, 5.74) is 0. The van der Waals surface area contributed by atoms with Crippen molar-refractivity contribution in [3.05, 3.63) is 0 Å². The van der Waals surface area contributed by atoms with E-state index in [-0.39, 0.29) is 0 Å². The highest BCUT2D eigenvalue weighted by Crippen LogP contribution is 2.28. The molecular weight excluding hydrogens is 148 g/mol. The molecule has 2 nitrogen and oxygen atoms in total. The molecule has 0 atom stereocenters. The van der Waals surface area contributed by atoms with Gasteiger partial charge < -0.3 is 5.32 Å². The predicted molar refractivity (Wildman–Crippen MR) is 49.7 cm³/mol. The third-order valence-electron chi connectivity index (χ3n) is 2.64. The molecular formula is C10H18N2. The second-order valence-electron chi connectivity index (χ2n) is 3.63. The average molecular weight is 166 g/mol. The molecule has 0 unspecified atom stereocenters. The molecule has 1 rings (SSSR count). The van der Waals surface area contributed by atoms with Crippen LogP contribution in [0.25, 0.3) is 0 Å². The summed E-state index contributed by atoms with van der Waals surface area (Å²) in [6.07, 6.45) is 8.37. The van der Waals surface area contributed by atoms with Crippen molar-refractivity contribution >= 4 is 0 Å². The van der Waals surface area contributed by atoms with Crippen molar-refractivity contribution in [3.8, 4) is 6.07 Å². The Morgan fingerprint density at radius 3 is 2.75 bits per heavy atom. The first-order valence-electron chi connectivity index (χ1n) is 5.01. The van der Waals surface area contributed by atoms with E-state index < -0.39 is 0 Å². The molecule has 1 fully saturated rings. The van der Waals surface area contributed by atoms with Crippen LogP contribution in [0.3, 0.4) is 0 Å². The van der Waals surface area contributed by atoms with Gasteiger partial charge in [-0.1, -0.05) is 25.7 Å². The van der Waals surface area contributed by atoms with E-state index in [0.29, 0.717) is 6.54 Å². The second kappa shape index (κ2) is 6.02. The minimum Gasteiger partial charge on any atom is -0.304 e. The van der Waals surface area contributed by atoms with Crippen LogP contribution >= 0.6 is 0 Å². The number of rotatable bonds is 5. The van der Waals surface area contributed by atoms with Gasteiger partial charge in [0.15, 0.2) is 0 Å². The van der Waals surface area contributed by atoms with Gasteiger partial charge >= 0.3 is 0 Å². The largest absolute Gasteiger partial charge is 0.304 e. The fraction of sp³-hybridized carbons (Fsp3) is 0.900. The molecule has 0 aromatic rings. The van der Waals surface area contributed by atoms with E-state index in [4.69, 9.17) is 5.26 Å². The Kier molecular flexibility index (Phi) is 4.79. The number of hydrogen-bond acceptors (Lipinski definition) is 2. The van der Waals surface area contributed by atoms with Gasteiger partial charge in [-0.2, -0.15) is 5.26 Å². The lowest BCUT2D eigenvalue weighted by atomic mass is 10.0. The van der Waals surface area contributed by atoms with Crippen molar-refractivity contribution < 1.29 is 0 Å². The molecule has 68 valence electrons. The van der Waals surface area contributed by atoms with Crippen LogP contribution in [0.4, 0.5) is 0 Å². The Morgan fingerprint density at radius 2 is 2.08 bits per heavy atom. The zero-order valence-corrected chi connectivity index (χ0v) is 7.68. The number of nitrogens with one attached hydrogen (secondary N) is 1. The monoisotopic (exact) mass is 166 g/mol. The maximum absolute atomic E-state index is 8.26. The Hall–Kier alpha value is -0.550. The Labute approximate surface area is 75.0 Å². The molecule has 12 heavy (non-hydrogen) atoms. The Bertz CT molecular complexity index is 142. The van der Waals surface area contributed by atoms with Crippen LogP contribution in [0.1, 0.15) is 38.5 Å². The first-order chi connectivity index (χ1) is 5.93. The molecule has 1 saturated carbocycles. The van der Waals surface area contributed by atoms with Crippen LogP contribution in [-0.2, 0) is 0 Å². The van der Waals surface area contributed by atoms with Crippen molar-refractivity contribution in [3.63, 3.8) is 0 Å². The number of hydrogen-bond donors (Lipinski definition) is 1. The summed E-state index contributed by atoms with van der Waals surface area (Å²) in [5.74, 6) is 0.994. The summed E-state index contributed by atoms with van der Waals surface area (Å²) in [4.78, 5) is 0. The zero-order valence-electron chi connectivity index (χ0n) is 7.68. The first-order valence-corrected chi connectivity index (χ1v) is 5.01. The fourth-order valence-corrected chi connectivity index (χ4v) is 1.96. The van der Waals surface area contributed by atoms with Gasteiger partial charge in [0, 0.05) is 0 Å². The van der Waals surface area contributed by atoms with Gasteiger partial charge in [0.1, 0.15) is 0 Å². The van der Waals surface area contributed by atoms with Crippen LogP contribution in [0.5, 0.6) is 0 Å². The average Bonchev–Trinajstić information content (AvgIpc) is 2.57. The smallest absolute Gasteiger partial charge is 0.0840 e. The molecule has 0 aliphatic heterocycles. The number of nitrogens with zero attached hydrogens (tertiary/aromatic N) is 1. The molecule has 1 N–H and O–H groups in total. The standard InChI is InChI=1S/C10H18N2/c11-7-9-12-8-3-6-10-4-1-2-5-10/h10,12H,1-6,8-9H2. The summed E-state index contributed by atoms with van der Waals surface area (Å²) in [6.45, 7) is 1.52. The van der Waals surface area contributed by atoms with E-state index in [0.717, 1.165) is 12.5 Å². The van der Waals surface area contributed by atoms with E-state index in [2.05, 4.69) is 11.4 Å². The molecule has 0 spiro atoms. The lowest BCUT2D eigenvalue weighted by Gasteiger charge is -2.07. The van der Waals surface area contributed by atoms with Gasteiger partial charge in [0.05, 0.1) is 12.6 Å². The number of nitriles is 1. The summed E-state index contributed by atoms with van der Waals surface area (Å²) in [5, 5.41) is 11.4. The van der Waals surface area contributed by atoms with E-state index in [9.17, 15) is 0 Å². The van der Waals surface area contributed by atoms with Crippen molar-refractivity contribution in [1.82, 2.24) is 5.32 Å². The summed E-state index contributed by atoms with van der Waals surface area (Å²) < 4.78 is 0. The Morgan fingerprint density at radius 1 is 1.33 bits per heavy atom. The van der Waals surface area contributed by atoms with Gasteiger partial charge in [-0.15, -0.1) is 0 Å². The second-order valence-corrected chi connectivity index (χ2v) is 3.63. The van der Waals surface area contributed by atoms with Crippen LogP contribution in [0, 0.1) is 17.2 Å².